The van der Waals surface area contributed by atoms with Crippen molar-refractivity contribution < 1.29 is 23.1 Å². The van der Waals surface area contributed by atoms with E-state index in [-0.39, 0.29) is 34.4 Å². The second-order valence-electron chi connectivity index (χ2n) is 7.38. The molecule has 4 rings (SSSR count). The third-order valence-electron chi connectivity index (χ3n) is 5.11. The van der Waals surface area contributed by atoms with E-state index in [9.17, 15) is 23.1 Å². The summed E-state index contributed by atoms with van der Waals surface area (Å²) in [4.78, 5) is 12.6. The monoisotopic (exact) mass is 450 g/mol. The first-order valence-electron chi connectivity index (χ1n) is 9.41. The van der Waals surface area contributed by atoms with E-state index in [1.807, 2.05) is 19.1 Å². The number of carbonyl (C=O) groups excluding carboxylic acids is 1. The van der Waals surface area contributed by atoms with Crippen LogP contribution in [0.15, 0.2) is 48.5 Å². The van der Waals surface area contributed by atoms with E-state index in [0.29, 0.717) is 5.56 Å². The van der Waals surface area contributed by atoms with Gasteiger partial charge < -0.3 is 15.7 Å². The van der Waals surface area contributed by atoms with Crippen LogP contribution in [0.4, 0.5) is 24.7 Å². The summed E-state index contributed by atoms with van der Waals surface area (Å²) >= 11 is 5.86. The van der Waals surface area contributed by atoms with Gasteiger partial charge in [0, 0.05) is 17.5 Å². The quantitative estimate of drug-likeness (QED) is 0.463. The van der Waals surface area contributed by atoms with Gasteiger partial charge in [-0.25, -0.2) is 4.68 Å². The lowest BCUT2D eigenvalue weighted by molar-refractivity contribution is -0.173. The van der Waals surface area contributed by atoms with Crippen molar-refractivity contribution in [1.82, 2.24) is 9.78 Å². The number of nitrogens with one attached hydrogen (secondary N) is 2. The number of benzene rings is 2. The molecule has 3 N–H and O–H groups in total. The Labute approximate surface area is 180 Å². The molecule has 1 amide bonds. The molecule has 0 saturated heterocycles. The molecule has 0 fully saturated rings. The van der Waals surface area contributed by atoms with Crippen molar-refractivity contribution in [3.8, 4) is 5.75 Å². The SMILES string of the molecule is Cc1ccc([C@@H]2C[C@@H](C(F)(F)F)n3nc(C(=O)Nc4cc(Cl)ccc4O)cc3N2)cc1. The number of carbonyl (C=O) groups is 1. The fraction of sp³-hybridized carbons (Fsp3) is 0.238. The molecule has 0 saturated carbocycles. The number of hydrogen-bond acceptors (Lipinski definition) is 4. The first-order valence-corrected chi connectivity index (χ1v) is 9.79. The highest BCUT2D eigenvalue weighted by Gasteiger charge is 2.46. The average Bonchev–Trinajstić information content (AvgIpc) is 3.14. The fourth-order valence-electron chi connectivity index (χ4n) is 3.50. The van der Waals surface area contributed by atoms with Gasteiger partial charge in [0.05, 0.1) is 11.7 Å². The van der Waals surface area contributed by atoms with E-state index < -0.39 is 24.2 Å². The number of aryl methyl sites for hydroxylation is 1. The summed E-state index contributed by atoms with van der Waals surface area (Å²) in [6, 6.07) is 10.1. The number of fused-ring (bicyclic) bond motifs is 1. The number of aromatic nitrogens is 2. The number of amides is 1. The lowest BCUT2D eigenvalue weighted by Gasteiger charge is -2.33. The van der Waals surface area contributed by atoms with Gasteiger partial charge in [0.25, 0.3) is 5.91 Å². The van der Waals surface area contributed by atoms with Crippen molar-refractivity contribution in [3.05, 3.63) is 70.4 Å². The van der Waals surface area contributed by atoms with Crippen LogP contribution in [0.1, 0.15) is 40.1 Å². The van der Waals surface area contributed by atoms with Crippen LogP contribution in [0.5, 0.6) is 5.75 Å². The molecule has 2 heterocycles. The minimum Gasteiger partial charge on any atom is -0.506 e. The molecule has 0 aliphatic carbocycles. The minimum atomic E-state index is -4.55. The zero-order chi connectivity index (χ0) is 22.3. The van der Waals surface area contributed by atoms with Gasteiger partial charge in [-0.2, -0.15) is 18.3 Å². The molecule has 2 aromatic carbocycles. The van der Waals surface area contributed by atoms with Gasteiger partial charge in [0.1, 0.15) is 11.6 Å². The van der Waals surface area contributed by atoms with E-state index >= 15 is 0 Å². The van der Waals surface area contributed by atoms with Crippen molar-refractivity contribution in [1.29, 1.82) is 0 Å². The summed E-state index contributed by atoms with van der Waals surface area (Å²) in [7, 11) is 0. The maximum Gasteiger partial charge on any atom is 0.410 e. The molecule has 0 bridgehead atoms. The van der Waals surface area contributed by atoms with Crippen molar-refractivity contribution in [3.63, 3.8) is 0 Å². The zero-order valence-corrected chi connectivity index (χ0v) is 17.0. The molecule has 0 unspecified atom stereocenters. The molecule has 3 aromatic rings. The predicted molar refractivity (Wildman–Crippen MR) is 111 cm³/mol. The number of anilines is 2. The second-order valence-corrected chi connectivity index (χ2v) is 7.81. The average molecular weight is 451 g/mol. The second kappa shape index (κ2) is 7.81. The summed E-state index contributed by atoms with van der Waals surface area (Å²) in [6.45, 7) is 1.90. The Balaban J connectivity index is 1.65. The van der Waals surface area contributed by atoms with Crippen molar-refractivity contribution in [2.45, 2.75) is 31.6 Å². The molecule has 1 aliphatic heterocycles. The minimum absolute atomic E-state index is 0.0290. The number of rotatable bonds is 3. The number of nitrogens with zero attached hydrogens (tertiary/aromatic N) is 2. The third-order valence-corrected chi connectivity index (χ3v) is 5.34. The molecule has 1 aliphatic rings. The highest BCUT2D eigenvalue weighted by molar-refractivity contribution is 6.31. The summed E-state index contributed by atoms with van der Waals surface area (Å²) in [5.41, 5.74) is 1.52. The summed E-state index contributed by atoms with van der Waals surface area (Å²) in [6.07, 6.45) is -4.82. The molecule has 0 radical (unpaired) electrons. The molecular formula is C21H18ClF3N4O2. The van der Waals surface area contributed by atoms with Gasteiger partial charge in [0.2, 0.25) is 0 Å². The molecule has 6 nitrogen and oxygen atoms in total. The Morgan fingerprint density at radius 2 is 1.94 bits per heavy atom. The van der Waals surface area contributed by atoms with E-state index in [4.69, 9.17) is 11.6 Å². The van der Waals surface area contributed by atoms with Crippen LogP contribution in [-0.2, 0) is 0 Å². The van der Waals surface area contributed by atoms with Gasteiger partial charge in [-0.05, 0) is 30.7 Å². The van der Waals surface area contributed by atoms with Crippen LogP contribution in [0.2, 0.25) is 5.02 Å². The first kappa shape index (κ1) is 21.0. The van der Waals surface area contributed by atoms with E-state index in [2.05, 4.69) is 15.7 Å². The summed E-state index contributed by atoms with van der Waals surface area (Å²) in [5.74, 6) is -0.916. The number of aromatic hydroxyl groups is 1. The van der Waals surface area contributed by atoms with Crippen molar-refractivity contribution in [2.24, 2.45) is 0 Å². The van der Waals surface area contributed by atoms with E-state index in [1.54, 1.807) is 12.1 Å². The zero-order valence-electron chi connectivity index (χ0n) is 16.2. The number of hydrogen-bond donors (Lipinski definition) is 3. The van der Waals surface area contributed by atoms with Crippen LogP contribution < -0.4 is 10.6 Å². The number of halogens is 4. The largest absolute Gasteiger partial charge is 0.506 e. The molecule has 31 heavy (non-hydrogen) atoms. The molecule has 10 heteroatoms. The molecule has 0 spiro atoms. The maximum absolute atomic E-state index is 13.8. The number of phenolic OH excluding ortho intramolecular Hbond substituents is 1. The van der Waals surface area contributed by atoms with Crippen LogP contribution in [-0.4, -0.2) is 27.0 Å². The van der Waals surface area contributed by atoms with Crippen molar-refractivity contribution in [2.75, 3.05) is 10.6 Å². The van der Waals surface area contributed by atoms with Gasteiger partial charge >= 0.3 is 6.18 Å². The predicted octanol–water partition coefficient (Wildman–Crippen LogP) is 5.46. The normalized spacial score (nSPS) is 18.2. The van der Waals surface area contributed by atoms with Gasteiger partial charge in [-0.1, -0.05) is 41.4 Å². The van der Waals surface area contributed by atoms with Gasteiger partial charge in [-0.3, -0.25) is 4.79 Å². The maximum atomic E-state index is 13.8. The summed E-state index contributed by atoms with van der Waals surface area (Å²) in [5, 5.41) is 19.5. The van der Waals surface area contributed by atoms with Crippen LogP contribution >= 0.6 is 11.6 Å². The topological polar surface area (TPSA) is 79.2 Å². The molecule has 2 atom stereocenters. The Hall–Kier alpha value is -3.20. The van der Waals surface area contributed by atoms with Crippen molar-refractivity contribution >= 4 is 29.0 Å². The number of phenols is 1. The smallest absolute Gasteiger partial charge is 0.410 e. The molecule has 1 aromatic heterocycles. The fourth-order valence-corrected chi connectivity index (χ4v) is 3.67. The van der Waals surface area contributed by atoms with E-state index in [0.717, 1.165) is 10.2 Å². The third kappa shape index (κ3) is 4.32. The highest BCUT2D eigenvalue weighted by Crippen LogP contribution is 2.43. The first-order chi connectivity index (χ1) is 14.6. The molecular weight excluding hydrogens is 433 g/mol. The highest BCUT2D eigenvalue weighted by atomic mass is 35.5. The van der Waals surface area contributed by atoms with Crippen LogP contribution in [0, 0.1) is 6.92 Å². The Kier molecular flexibility index (Phi) is 5.30. The Bertz CT molecular complexity index is 1130. The Morgan fingerprint density at radius 3 is 2.61 bits per heavy atom. The molecule has 162 valence electrons. The standard InChI is InChI=1S/C21H18ClF3N4O2/c1-11-2-4-12(5-3-11)14-9-18(21(23,24)25)29-19(26-14)10-16(28-29)20(31)27-15-8-13(22)6-7-17(15)30/h2-8,10,14,18,26,30H,9H2,1H3,(H,27,31)/t14-,18-/m0/s1. The number of alkyl halides is 3. The van der Waals surface area contributed by atoms with Gasteiger partial charge in [-0.15, -0.1) is 0 Å². The lowest BCUT2D eigenvalue weighted by atomic mass is 9.96. The Morgan fingerprint density at radius 1 is 1.23 bits per heavy atom. The van der Waals surface area contributed by atoms with Gasteiger partial charge in [0.15, 0.2) is 11.7 Å². The van der Waals surface area contributed by atoms with Crippen LogP contribution in [0.3, 0.4) is 0 Å². The van der Waals surface area contributed by atoms with E-state index in [1.165, 1.54) is 24.3 Å². The summed E-state index contributed by atoms with van der Waals surface area (Å²) < 4.78 is 42.2. The van der Waals surface area contributed by atoms with Crippen LogP contribution in [0.25, 0.3) is 0 Å². The lowest BCUT2D eigenvalue weighted by Crippen LogP contribution is -2.35.